The summed E-state index contributed by atoms with van der Waals surface area (Å²) >= 11 is 5.76. The molecule has 0 fully saturated rings. The van der Waals surface area contributed by atoms with Crippen LogP contribution in [0.15, 0.2) is 59.5 Å². The van der Waals surface area contributed by atoms with Gasteiger partial charge in [-0.1, -0.05) is 48.9 Å². The number of amides is 1. The average molecular weight is 381 g/mol. The topological polar surface area (TPSA) is 89.3 Å². The van der Waals surface area contributed by atoms with Crippen LogP contribution in [-0.2, 0) is 14.6 Å². The summed E-state index contributed by atoms with van der Waals surface area (Å²) in [5.41, 5.74) is 6.97. The number of nitrogens with one attached hydrogen (secondary N) is 1. The Kier molecular flexibility index (Phi) is 6.58. The van der Waals surface area contributed by atoms with E-state index in [9.17, 15) is 13.2 Å². The highest BCUT2D eigenvalue weighted by Crippen LogP contribution is 2.19. The second-order valence-corrected chi connectivity index (χ2v) is 8.33. The molecule has 0 saturated carbocycles. The molecule has 134 valence electrons. The highest BCUT2D eigenvalue weighted by atomic mass is 35.5. The average Bonchev–Trinajstić information content (AvgIpc) is 2.61. The Morgan fingerprint density at radius 1 is 1.12 bits per heavy atom. The van der Waals surface area contributed by atoms with Crippen molar-refractivity contribution in [2.75, 3.05) is 12.3 Å². The molecule has 2 aromatic carbocycles. The Hall–Kier alpha value is -1.89. The smallest absolute Gasteiger partial charge is 0.224 e. The zero-order chi connectivity index (χ0) is 18.4. The van der Waals surface area contributed by atoms with Crippen LogP contribution in [0.2, 0.25) is 5.02 Å². The van der Waals surface area contributed by atoms with Crippen LogP contribution >= 0.6 is 11.6 Å². The van der Waals surface area contributed by atoms with Crippen LogP contribution < -0.4 is 11.1 Å². The minimum Gasteiger partial charge on any atom is -0.355 e. The molecule has 3 N–H and O–H groups in total. The monoisotopic (exact) mass is 380 g/mol. The number of rotatable bonds is 7. The van der Waals surface area contributed by atoms with Gasteiger partial charge in [0.1, 0.15) is 0 Å². The molecule has 0 saturated heterocycles. The number of halogens is 1. The summed E-state index contributed by atoms with van der Waals surface area (Å²) in [5.74, 6) is -0.934. The van der Waals surface area contributed by atoms with E-state index in [4.69, 9.17) is 17.3 Å². The molecule has 2 aromatic rings. The number of carbonyl (C=O) groups is 1. The fourth-order valence-corrected chi connectivity index (χ4v) is 3.64. The predicted molar refractivity (Wildman–Crippen MR) is 99.0 cm³/mol. The zero-order valence-corrected chi connectivity index (χ0v) is 15.4. The maximum atomic E-state index is 12.2. The largest absolute Gasteiger partial charge is 0.355 e. The van der Waals surface area contributed by atoms with Crippen molar-refractivity contribution < 1.29 is 13.2 Å². The van der Waals surface area contributed by atoms with E-state index in [1.54, 1.807) is 6.92 Å². The van der Waals surface area contributed by atoms with Crippen molar-refractivity contribution in [3.05, 3.63) is 65.2 Å². The van der Waals surface area contributed by atoms with Crippen LogP contribution in [0.25, 0.3) is 0 Å². The molecule has 0 aromatic heterocycles. The molecule has 0 aliphatic carbocycles. The molecule has 2 rings (SSSR count). The fourth-order valence-electron chi connectivity index (χ4n) is 2.36. The van der Waals surface area contributed by atoms with Gasteiger partial charge in [-0.2, -0.15) is 0 Å². The van der Waals surface area contributed by atoms with Gasteiger partial charge < -0.3 is 11.1 Å². The van der Waals surface area contributed by atoms with Gasteiger partial charge in [-0.25, -0.2) is 8.42 Å². The van der Waals surface area contributed by atoms with Gasteiger partial charge in [-0.3, -0.25) is 4.79 Å². The van der Waals surface area contributed by atoms with E-state index < -0.39 is 21.8 Å². The zero-order valence-electron chi connectivity index (χ0n) is 13.9. The summed E-state index contributed by atoms with van der Waals surface area (Å²) in [6.45, 7) is 1.75. The molecule has 0 aliphatic heterocycles. The number of benzene rings is 2. The van der Waals surface area contributed by atoms with Gasteiger partial charge in [0.2, 0.25) is 5.91 Å². The number of hydrogen-bond donors (Lipinski definition) is 2. The van der Waals surface area contributed by atoms with Crippen molar-refractivity contribution in [3.63, 3.8) is 0 Å². The third-order valence-electron chi connectivity index (χ3n) is 3.98. The van der Waals surface area contributed by atoms with E-state index in [-0.39, 0.29) is 23.1 Å². The lowest BCUT2D eigenvalue weighted by atomic mass is 9.95. The van der Waals surface area contributed by atoms with Gasteiger partial charge in [-0.05, 0) is 29.8 Å². The van der Waals surface area contributed by atoms with E-state index in [1.807, 2.05) is 30.3 Å². The maximum absolute atomic E-state index is 12.2. The lowest BCUT2D eigenvalue weighted by molar-refractivity contribution is -0.125. The summed E-state index contributed by atoms with van der Waals surface area (Å²) in [7, 11) is -3.48. The Bertz CT molecular complexity index is 808. The molecule has 25 heavy (non-hydrogen) atoms. The summed E-state index contributed by atoms with van der Waals surface area (Å²) in [6.07, 6.45) is 0. The normalized spacial score (nSPS) is 13.9. The minimum absolute atomic E-state index is 0.0235. The van der Waals surface area contributed by atoms with Gasteiger partial charge in [0.25, 0.3) is 0 Å². The fraction of sp³-hybridized carbons (Fsp3) is 0.278. The molecule has 0 bridgehead atoms. The van der Waals surface area contributed by atoms with E-state index in [0.29, 0.717) is 5.02 Å². The van der Waals surface area contributed by atoms with Crippen LogP contribution in [0.3, 0.4) is 0 Å². The summed E-state index contributed by atoms with van der Waals surface area (Å²) < 4.78 is 24.5. The molecule has 0 radical (unpaired) electrons. The first-order valence-electron chi connectivity index (χ1n) is 7.88. The van der Waals surface area contributed by atoms with Crippen LogP contribution in [0, 0.1) is 5.92 Å². The minimum atomic E-state index is -3.48. The first kappa shape index (κ1) is 19.4. The van der Waals surface area contributed by atoms with Crippen molar-refractivity contribution >= 4 is 27.3 Å². The number of sulfone groups is 1. The highest BCUT2D eigenvalue weighted by molar-refractivity contribution is 7.91. The van der Waals surface area contributed by atoms with E-state index in [2.05, 4.69) is 5.32 Å². The third kappa shape index (κ3) is 5.29. The van der Waals surface area contributed by atoms with Crippen molar-refractivity contribution in [1.29, 1.82) is 0 Å². The standard InChI is InChI=1S/C18H21ClN2O3S/c1-13(17(20)14-5-3-2-4-6-14)18(22)21-11-12-25(23,24)16-9-7-15(19)8-10-16/h2-10,13,17H,11-12,20H2,1H3,(H,21,22). The Balaban J connectivity index is 1.90. The van der Waals surface area contributed by atoms with Gasteiger partial charge in [0.05, 0.1) is 16.6 Å². The van der Waals surface area contributed by atoms with E-state index >= 15 is 0 Å². The lowest BCUT2D eigenvalue weighted by Gasteiger charge is -2.19. The van der Waals surface area contributed by atoms with Crippen molar-refractivity contribution in [2.45, 2.75) is 17.9 Å². The van der Waals surface area contributed by atoms with Gasteiger partial charge in [0.15, 0.2) is 9.84 Å². The van der Waals surface area contributed by atoms with Crippen molar-refractivity contribution in [2.24, 2.45) is 11.7 Å². The summed E-state index contributed by atoms with van der Waals surface area (Å²) in [5, 5.41) is 3.11. The van der Waals surface area contributed by atoms with Gasteiger partial charge in [0, 0.05) is 17.6 Å². The Morgan fingerprint density at radius 3 is 2.32 bits per heavy atom. The van der Waals surface area contributed by atoms with E-state index in [1.165, 1.54) is 24.3 Å². The highest BCUT2D eigenvalue weighted by Gasteiger charge is 2.22. The Labute approximate surface area is 153 Å². The molecule has 0 heterocycles. The molecule has 0 aliphatic rings. The van der Waals surface area contributed by atoms with Crippen molar-refractivity contribution in [1.82, 2.24) is 5.32 Å². The van der Waals surface area contributed by atoms with Crippen LogP contribution in [-0.4, -0.2) is 26.6 Å². The first-order chi connectivity index (χ1) is 11.8. The molecule has 2 unspecified atom stereocenters. The Morgan fingerprint density at radius 2 is 1.72 bits per heavy atom. The molecule has 5 nitrogen and oxygen atoms in total. The molecule has 7 heteroatoms. The lowest BCUT2D eigenvalue weighted by Crippen LogP contribution is -2.37. The summed E-state index contributed by atoms with van der Waals surface area (Å²) in [4.78, 5) is 12.4. The number of nitrogens with two attached hydrogens (primary N) is 1. The predicted octanol–water partition coefficient (Wildman–Crippen LogP) is 2.57. The van der Waals surface area contributed by atoms with Crippen molar-refractivity contribution in [3.8, 4) is 0 Å². The second-order valence-electron chi connectivity index (χ2n) is 5.79. The second kappa shape index (κ2) is 8.47. The first-order valence-corrected chi connectivity index (χ1v) is 9.91. The maximum Gasteiger partial charge on any atom is 0.224 e. The number of hydrogen-bond acceptors (Lipinski definition) is 4. The molecule has 0 spiro atoms. The van der Waals surface area contributed by atoms with E-state index in [0.717, 1.165) is 5.56 Å². The summed E-state index contributed by atoms with van der Waals surface area (Å²) in [6, 6.07) is 14.8. The molecule has 2 atom stereocenters. The van der Waals surface area contributed by atoms with Crippen LogP contribution in [0.4, 0.5) is 0 Å². The SMILES string of the molecule is CC(C(=O)NCCS(=O)(=O)c1ccc(Cl)cc1)C(N)c1ccccc1. The quantitative estimate of drug-likeness (QED) is 0.772. The van der Waals surface area contributed by atoms with Gasteiger partial charge >= 0.3 is 0 Å². The van der Waals surface area contributed by atoms with Crippen LogP contribution in [0.1, 0.15) is 18.5 Å². The molecule has 1 amide bonds. The molecular formula is C18H21ClN2O3S. The van der Waals surface area contributed by atoms with Gasteiger partial charge in [-0.15, -0.1) is 0 Å². The third-order valence-corrected chi connectivity index (χ3v) is 5.96. The molecular weight excluding hydrogens is 360 g/mol. The number of carbonyl (C=O) groups excluding carboxylic acids is 1. The van der Waals surface area contributed by atoms with Crippen LogP contribution in [0.5, 0.6) is 0 Å².